The van der Waals surface area contributed by atoms with Gasteiger partial charge in [0.2, 0.25) is 0 Å². The molecule has 0 aromatic heterocycles. The van der Waals surface area contributed by atoms with Crippen LogP contribution in [0.15, 0.2) is 84.9 Å². The molecule has 0 aliphatic carbocycles. The summed E-state index contributed by atoms with van der Waals surface area (Å²) in [6, 6.07) is 28.8. The number of benzene rings is 3. The van der Waals surface area contributed by atoms with Crippen molar-refractivity contribution >= 4 is 30.6 Å². The van der Waals surface area contributed by atoms with Gasteiger partial charge in [0.25, 0.3) is 0 Å². The average molecular weight is 486 g/mol. The molecule has 1 saturated heterocycles. The highest BCUT2D eigenvalue weighted by Crippen LogP contribution is 2.19. The Morgan fingerprint density at radius 1 is 0.818 bits per heavy atom. The molecule has 1 fully saturated rings. The van der Waals surface area contributed by atoms with E-state index in [1.807, 2.05) is 42.5 Å². The fourth-order valence-electron chi connectivity index (χ4n) is 4.06. The third-order valence-electron chi connectivity index (χ3n) is 5.97. The predicted molar refractivity (Wildman–Crippen MR) is 141 cm³/mol. The molecule has 0 spiro atoms. The van der Waals surface area contributed by atoms with Crippen LogP contribution in [0.4, 0.5) is 0 Å². The SMILES string of the molecule is CC(CN1CCN(C(=N)c2ccc(OCc3ccccc3)cc2)CC1)c1ccccc1.Cl.Cl. The van der Waals surface area contributed by atoms with Crippen molar-refractivity contribution in [2.24, 2.45) is 0 Å². The Hall–Kier alpha value is -2.53. The molecule has 6 heteroatoms. The van der Waals surface area contributed by atoms with Gasteiger partial charge in [-0.3, -0.25) is 10.3 Å². The summed E-state index contributed by atoms with van der Waals surface area (Å²) in [5.41, 5.74) is 3.49. The van der Waals surface area contributed by atoms with Gasteiger partial charge < -0.3 is 9.64 Å². The van der Waals surface area contributed by atoms with E-state index < -0.39 is 0 Å². The minimum absolute atomic E-state index is 0. The highest BCUT2D eigenvalue weighted by molar-refractivity contribution is 5.96. The lowest BCUT2D eigenvalue weighted by Crippen LogP contribution is -2.49. The van der Waals surface area contributed by atoms with Crippen molar-refractivity contribution in [1.82, 2.24) is 9.80 Å². The zero-order chi connectivity index (χ0) is 21.5. The lowest BCUT2D eigenvalue weighted by Gasteiger charge is -2.37. The van der Waals surface area contributed by atoms with E-state index in [0.29, 0.717) is 18.4 Å². The van der Waals surface area contributed by atoms with Crippen LogP contribution in [-0.4, -0.2) is 48.4 Å². The van der Waals surface area contributed by atoms with Gasteiger partial charge in [-0.15, -0.1) is 24.8 Å². The topological polar surface area (TPSA) is 39.6 Å². The molecule has 3 aromatic carbocycles. The largest absolute Gasteiger partial charge is 0.489 e. The molecule has 1 aliphatic heterocycles. The van der Waals surface area contributed by atoms with Crippen molar-refractivity contribution in [3.05, 3.63) is 102 Å². The Kier molecular flexibility index (Phi) is 10.7. The Bertz CT molecular complexity index is 960. The van der Waals surface area contributed by atoms with Gasteiger partial charge in [-0.05, 0) is 41.3 Å². The van der Waals surface area contributed by atoms with Crippen molar-refractivity contribution in [3.8, 4) is 5.75 Å². The Balaban J connectivity index is 0.00000193. The van der Waals surface area contributed by atoms with Gasteiger partial charge in [0.15, 0.2) is 0 Å². The third kappa shape index (κ3) is 7.50. The van der Waals surface area contributed by atoms with Gasteiger partial charge in [-0.2, -0.15) is 0 Å². The van der Waals surface area contributed by atoms with Crippen LogP contribution in [0.3, 0.4) is 0 Å². The number of hydrogen-bond acceptors (Lipinski definition) is 3. The smallest absolute Gasteiger partial charge is 0.128 e. The van der Waals surface area contributed by atoms with Crippen molar-refractivity contribution in [2.45, 2.75) is 19.4 Å². The van der Waals surface area contributed by atoms with Gasteiger partial charge in [0, 0.05) is 38.3 Å². The first kappa shape index (κ1) is 26.7. The number of halogens is 2. The molecule has 1 aliphatic rings. The summed E-state index contributed by atoms with van der Waals surface area (Å²) in [5, 5.41) is 8.64. The number of ether oxygens (including phenoxy) is 1. The number of amidine groups is 1. The van der Waals surface area contributed by atoms with Gasteiger partial charge >= 0.3 is 0 Å². The van der Waals surface area contributed by atoms with Crippen LogP contribution in [0.2, 0.25) is 0 Å². The summed E-state index contributed by atoms with van der Waals surface area (Å²) in [5.74, 6) is 1.96. The molecule has 4 nitrogen and oxygen atoms in total. The second-order valence-electron chi connectivity index (χ2n) is 8.25. The zero-order valence-corrected chi connectivity index (χ0v) is 20.7. The van der Waals surface area contributed by atoms with E-state index in [1.54, 1.807) is 0 Å². The summed E-state index contributed by atoms with van der Waals surface area (Å²) in [6.07, 6.45) is 0. The van der Waals surface area contributed by atoms with Gasteiger partial charge in [-0.25, -0.2) is 0 Å². The van der Waals surface area contributed by atoms with Crippen LogP contribution in [0.25, 0.3) is 0 Å². The molecule has 0 saturated carbocycles. The molecule has 4 rings (SSSR count). The maximum Gasteiger partial charge on any atom is 0.128 e. The van der Waals surface area contributed by atoms with Crippen LogP contribution in [0, 0.1) is 5.41 Å². The van der Waals surface area contributed by atoms with Crippen LogP contribution < -0.4 is 4.74 Å². The van der Waals surface area contributed by atoms with Gasteiger partial charge in [-0.1, -0.05) is 67.6 Å². The lowest BCUT2D eigenvalue weighted by molar-refractivity contribution is 0.175. The molecular formula is C27H33Cl2N3O. The number of rotatable bonds is 7. The maximum atomic E-state index is 8.64. The molecule has 1 atom stereocenters. The Morgan fingerprint density at radius 2 is 1.39 bits per heavy atom. The second kappa shape index (κ2) is 13.2. The fraction of sp³-hybridized carbons (Fsp3) is 0.296. The molecule has 33 heavy (non-hydrogen) atoms. The van der Waals surface area contributed by atoms with E-state index in [2.05, 4.69) is 59.2 Å². The second-order valence-corrected chi connectivity index (χ2v) is 8.25. The van der Waals surface area contributed by atoms with Crippen LogP contribution >= 0.6 is 24.8 Å². The Labute approximate surface area is 209 Å². The van der Waals surface area contributed by atoms with Crippen molar-refractivity contribution in [2.75, 3.05) is 32.7 Å². The molecule has 1 unspecified atom stereocenters. The zero-order valence-electron chi connectivity index (χ0n) is 19.0. The van der Waals surface area contributed by atoms with Crippen LogP contribution in [0.5, 0.6) is 5.75 Å². The van der Waals surface area contributed by atoms with Crippen molar-refractivity contribution in [3.63, 3.8) is 0 Å². The summed E-state index contributed by atoms with van der Waals surface area (Å²) < 4.78 is 5.87. The van der Waals surface area contributed by atoms with Crippen LogP contribution in [-0.2, 0) is 6.61 Å². The molecule has 1 N–H and O–H groups in total. The lowest BCUT2D eigenvalue weighted by atomic mass is 10.0. The first-order valence-corrected chi connectivity index (χ1v) is 11.1. The highest BCUT2D eigenvalue weighted by atomic mass is 35.5. The highest BCUT2D eigenvalue weighted by Gasteiger charge is 2.21. The summed E-state index contributed by atoms with van der Waals surface area (Å²) in [7, 11) is 0. The van der Waals surface area contributed by atoms with Crippen molar-refractivity contribution in [1.29, 1.82) is 5.41 Å². The molecule has 176 valence electrons. The van der Waals surface area contributed by atoms with Gasteiger partial charge in [0.05, 0.1) is 0 Å². The molecular weight excluding hydrogens is 453 g/mol. The van der Waals surface area contributed by atoms with Crippen molar-refractivity contribution < 1.29 is 4.74 Å². The molecule has 0 bridgehead atoms. The molecule has 3 aromatic rings. The van der Waals surface area contributed by atoms with E-state index in [0.717, 1.165) is 49.6 Å². The van der Waals surface area contributed by atoms with E-state index in [1.165, 1.54) is 5.56 Å². The first-order chi connectivity index (χ1) is 15.2. The Morgan fingerprint density at radius 3 is 2.00 bits per heavy atom. The van der Waals surface area contributed by atoms with E-state index >= 15 is 0 Å². The maximum absolute atomic E-state index is 8.64. The third-order valence-corrected chi connectivity index (χ3v) is 5.97. The van der Waals surface area contributed by atoms with E-state index in [-0.39, 0.29) is 24.8 Å². The number of piperazine rings is 1. The minimum atomic E-state index is 0. The van der Waals surface area contributed by atoms with Crippen LogP contribution in [0.1, 0.15) is 29.5 Å². The number of nitrogens with zero attached hydrogens (tertiary/aromatic N) is 2. The first-order valence-electron chi connectivity index (χ1n) is 11.1. The molecule has 0 radical (unpaired) electrons. The predicted octanol–water partition coefficient (Wildman–Crippen LogP) is 5.86. The minimum Gasteiger partial charge on any atom is -0.489 e. The summed E-state index contributed by atoms with van der Waals surface area (Å²) in [4.78, 5) is 4.70. The van der Waals surface area contributed by atoms with E-state index in [4.69, 9.17) is 10.1 Å². The van der Waals surface area contributed by atoms with E-state index in [9.17, 15) is 0 Å². The quantitative estimate of drug-likeness (QED) is 0.336. The summed E-state index contributed by atoms with van der Waals surface area (Å²) in [6.45, 7) is 7.71. The average Bonchev–Trinajstić information content (AvgIpc) is 2.84. The monoisotopic (exact) mass is 485 g/mol. The molecule has 1 heterocycles. The van der Waals surface area contributed by atoms with Gasteiger partial charge in [0.1, 0.15) is 18.2 Å². The molecule has 0 amide bonds. The fourth-order valence-corrected chi connectivity index (χ4v) is 4.06. The summed E-state index contributed by atoms with van der Waals surface area (Å²) >= 11 is 0. The number of nitrogens with one attached hydrogen (secondary N) is 1. The normalized spacial score (nSPS) is 14.5. The standard InChI is InChI=1S/C27H31N3O.2ClH/c1-22(24-10-6-3-7-11-24)20-29-16-18-30(19-17-29)27(28)25-12-14-26(15-13-25)31-21-23-8-4-2-5-9-23;;/h2-15,22,28H,16-21H2,1H3;2*1H. The number of hydrogen-bond donors (Lipinski definition) is 1.